The van der Waals surface area contributed by atoms with Gasteiger partial charge in [0.1, 0.15) is 23.8 Å². The molecular weight excluding hydrogens is 469 g/mol. The summed E-state index contributed by atoms with van der Waals surface area (Å²) in [4.78, 5) is 16.4. The highest BCUT2D eigenvalue weighted by molar-refractivity contribution is 6.30. The van der Waals surface area contributed by atoms with E-state index < -0.39 is 11.9 Å². The molecule has 2 aromatic heterocycles. The van der Waals surface area contributed by atoms with Gasteiger partial charge in [-0.3, -0.25) is 9.20 Å². The topological polar surface area (TPSA) is 67.7 Å². The van der Waals surface area contributed by atoms with E-state index in [4.69, 9.17) is 16.3 Å². The molecule has 178 valence electrons. The van der Waals surface area contributed by atoms with Crippen LogP contribution in [0.4, 0.5) is 19.0 Å². The van der Waals surface area contributed by atoms with E-state index >= 15 is 0 Å². The SMILES string of the molecule is O=C(N[C@H]1CC[C@@H](Nc2cccc3nc(C(F)(F)F)cn23)CC1)C1=Cc2cc(Cl)ccc2OC1. The van der Waals surface area contributed by atoms with Crippen LogP contribution in [0.2, 0.25) is 5.02 Å². The van der Waals surface area contributed by atoms with Gasteiger partial charge in [-0.25, -0.2) is 4.98 Å². The number of alkyl halides is 3. The molecule has 0 saturated heterocycles. The fraction of sp³-hybridized carbons (Fsp3) is 0.333. The summed E-state index contributed by atoms with van der Waals surface area (Å²) < 4.78 is 46.2. The molecule has 0 radical (unpaired) electrons. The summed E-state index contributed by atoms with van der Waals surface area (Å²) in [6.45, 7) is 0.201. The fourth-order valence-electron chi connectivity index (χ4n) is 4.41. The van der Waals surface area contributed by atoms with Crippen LogP contribution in [0.5, 0.6) is 5.75 Å². The summed E-state index contributed by atoms with van der Waals surface area (Å²) in [7, 11) is 0. The van der Waals surface area contributed by atoms with Crippen molar-refractivity contribution in [3.8, 4) is 5.75 Å². The molecule has 1 amide bonds. The van der Waals surface area contributed by atoms with Crippen LogP contribution in [0.1, 0.15) is 36.9 Å². The third kappa shape index (κ3) is 4.70. The lowest BCUT2D eigenvalue weighted by atomic mass is 9.91. The molecule has 3 heterocycles. The quantitative estimate of drug-likeness (QED) is 0.519. The minimum absolute atomic E-state index is 0.0214. The summed E-state index contributed by atoms with van der Waals surface area (Å²) in [5.41, 5.74) is 0.643. The summed E-state index contributed by atoms with van der Waals surface area (Å²) in [6.07, 6.45) is 1.38. The second kappa shape index (κ2) is 8.87. The van der Waals surface area contributed by atoms with Crippen molar-refractivity contribution in [3.05, 3.63) is 64.4 Å². The van der Waals surface area contributed by atoms with Gasteiger partial charge in [-0.05, 0) is 62.1 Å². The standard InChI is InChI=1S/C24H22ClF3N4O2/c25-16-4-9-19-14(11-16)10-15(13-34-19)23(33)30-18-7-5-17(6-8-18)29-21-2-1-3-22-31-20(12-32(21)22)24(26,27)28/h1-4,9-12,17-18,29H,5-8,13H2,(H,30,33)/t17-,18+. The number of pyridine rings is 1. The van der Waals surface area contributed by atoms with Gasteiger partial charge in [0.2, 0.25) is 0 Å². The predicted octanol–water partition coefficient (Wildman–Crippen LogP) is 5.32. The van der Waals surface area contributed by atoms with Crippen LogP contribution >= 0.6 is 11.6 Å². The largest absolute Gasteiger partial charge is 0.488 e. The Labute approximate surface area is 198 Å². The first-order chi connectivity index (χ1) is 16.3. The molecule has 2 aliphatic rings. The lowest BCUT2D eigenvalue weighted by Gasteiger charge is -2.31. The third-order valence-electron chi connectivity index (χ3n) is 6.17. The van der Waals surface area contributed by atoms with E-state index in [-0.39, 0.29) is 30.2 Å². The van der Waals surface area contributed by atoms with Gasteiger partial charge in [0, 0.05) is 28.9 Å². The van der Waals surface area contributed by atoms with Gasteiger partial charge in [-0.2, -0.15) is 13.2 Å². The number of fused-ring (bicyclic) bond motifs is 2. The maximum absolute atomic E-state index is 13.0. The van der Waals surface area contributed by atoms with E-state index in [0.717, 1.165) is 37.4 Å². The molecule has 5 rings (SSSR count). The number of benzene rings is 1. The zero-order valence-electron chi connectivity index (χ0n) is 18.0. The second-order valence-electron chi connectivity index (χ2n) is 8.57. The van der Waals surface area contributed by atoms with E-state index in [2.05, 4.69) is 15.6 Å². The number of rotatable bonds is 4. The highest BCUT2D eigenvalue weighted by Gasteiger charge is 2.34. The van der Waals surface area contributed by atoms with E-state index in [0.29, 0.717) is 22.2 Å². The molecule has 34 heavy (non-hydrogen) atoms. The van der Waals surface area contributed by atoms with E-state index in [1.54, 1.807) is 42.5 Å². The summed E-state index contributed by atoms with van der Waals surface area (Å²) in [6, 6.07) is 10.4. The fourth-order valence-corrected chi connectivity index (χ4v) is 4.59. The molecule has 0 bridgehead atoms. The number of anilines is 1. The number of ether oxygens (including phenoxy) is 1. The Hall–Kier alpha value is -3.20. The average molecular weight is 491 g/mol. The number of aromatic nitrogens is 2. The number of carbonyl (C=O) groups excluding carboxylic acids is 1. The molecule has 10 heteroatoms. The van der Waals surface area contributed by atoms with Gasteiger partial charge in [-0.1, -0.05) is 17.7 Å². The molecule has 6 nitrogen and oxygen atoms in total. The molecule has 2 N–H and O–H groups in total. The number of nitrogens with one attached hydrogen (secondary N) is 2. The molecule has 1 aliphatic carbocycles. The van der Waals surface area contributed by atoms with Crippen molar-refractivity contribution in [2.75, 3.05) is 11.9 Å². The first-order valence-corrected chi connectivity index (χ1v) is 11.4. The van der Waals surface area contributed by atoms with Gasteiger partial charge < -0.3 is 15.4 Å². The van der Waals surface area contributed by atoms with Crippen LogP contribution in [-0.2, 0) is 11.0 Å². The normalized spacial score (nSPS) is 20.3. The number of hydrogen-bond donors (Lipinski definition) is 2. The smallest absolute Gasteiger partial charge is 0.434 e. The van der Waals surface area contributed by atoms with Crippen molar-refractivity contribution in [3.63, 3.8) is 0 Å². The molecule has 0 atom stereocenters. The predicted molar refractivity (Wildman–Crippen MR) is 123 cm³/mol. The lowest BCUT2D eigenvalue weighted by Crippen LogP contribution is -2.41. The molecule has 1 fully saturated rings. The van der Waals surface area contributed by atoms with Crippen molar-refractivity contribution in [1.82, 2.24) is 14.7 Å². The minimum Gasteiger partial charge on any atom is -0.488 e. The van der Waals surface area contributed by atoms with Gasteiger partial charge in [-0.15, -0.1) is 0 Å². The van der Waals surface area contributed by atoms with Gasteiger partial charge in [0.05, 0.1) is 5.57 Å². The first kappa shape index (κ1) is 22.6. The van der Waals surface area contributed by atoms with Crippen LogP contribution < -0.4 is 15.4 Å². The number of imidazole rings is 1. The Bertz CT molecular complexity index is 1260. The molecule has 0 unspecified atom stereocenters. The van der Waals surface area contributed by atoms with Crippen molar-refractivity contribution in [2.45, 2.75) is 43.9 Å². The average Bonchev–Trinajstić information content (AvgIpc) is 3.26. The number of hydrogen-bond acceptors (Lipinski definition) is 4. The van der Waals surface area contributed by atoms with Crippen molar-refractivity contribution >= 4 is 35.0 Å². The number of amides is 1. The van der Waals surface area contributed by atoms with Gasteiger partial charge in [0.25, 0.3) is 5.91 Å². The van der Waals surface area contributed by atoms with Crippen molar-refractivity contribution in [2.24, 2.45) is 0 Å². The Kier molecular flexibility index (Phi) is 5.89. The Balaban J connectivity index is 1.19. The maximum Gasteiger partial charge on any atom is 0.434 e. The summed E-state index contributed by atoms with van der Waals surface area (Å²) in [5.74, 6) is 1.10. The Morgan fingerprint density at radius 3 is 2.65 bits per heavy atom. The molecule has 1 saturated carbocycles. The maximum atomic E-state index is 13.0. The third-order valence-corrected chi connectivity index (χ3v) is 6.41. The van der Waals surface area contributed by atoms with Crippen molar-refractivity contribution in [1.29, 1.82) is 0 Å². The van der Waals surface area contributed by atoms with Crippen LogP contribution in [0.25, 0.3) is 11.7 Å². The van der Waals surface area contributed by atoms with Crippen LogP contribution in [0, 0.1) is 0 Å². The molecule has 0 spiro atoms. The van der Waals surface area contributed by atoms with E-state index in [1.165, 1.54) is 4.40 Å². The minimum atomic E-state index is -4.49. The molecule has 3 aromatic rings. The number of nitrogens with zero attached hydrogens (tertiary/aromatic N) is 2. The highest BCUT2D eigenvalue weighted by atomic mass is 35.5. The summed E-state index contributed by atoms with van der Waals surface area (Å²) >= 11 is 6.04. The Morgan fingerprint density at radius 1 is 1.12 bits per heavy atom. The van der Waals surface area contributed by atoms with E-state index in [9.17, 15) is 18.0 Å². The van der Waals surface area contributed by atoms with Crippen LogP contribution in [0.3, 0.4) is 0 Å². The van der Waals surface area contributed by atoms with Crippen molar-refractivity contribution < 1.29 is 22.7 Å². The number of carbonyl (C=O) groups is 1. The Morgan fingerprint density at radius 2 is 1.88 bits per heavy atom. The summed E-state index contributed by atoms with van der Waals surface area (Å²) in [5, 5.41) is 7.00. The molecule has 1 aromatic carbocycles. The zero-order chi connectivity index (χ0) is 23.9. The lowest BCUT2D eigenvalue weighted by molar-refractivity contribution is -0.140. The molecular formula is C24H22ClF3N4O2. The first-order valence-electron chi connectivity index (χ1n) is 11.0. The monoisotopic (exact) mass is 490 g/mol. The molecule has 1 aliphatic heterocycles. The second-order valence-corrected chi connectivity index (χ2v) is 9.01. The van der Waals surface area contributed by atoms with Gasteiger partial charge in [0.15, 0.2) is 5.69 Å². The highest BCUT2D eigenvalue weighted by Crippen LogP contribution is 2.31. The van der Waals surface area contributed by atoms with E-state index in [1.807, 2.05) is 0 Å². The van der Waals surface area contributed by atoms with Crippen LogP contribution in [-0.4, -0.2) is 34.0 Å². The van der Waals surface area contributed by atoms with Crippen LogP contribution in [0.15, 0.2) is 48.2 Å². The van der Waals surface area contributed by atoms with Gasteiger partial charge >= 0.3 is 6.18 Å². The zero-order valence-corrected chi connectivity index (χ0v) is 18.8. The number of halogens is 4.